The second kappa shape index (κ2) is 8.75. The first-order valence-corrected chi connectivity index (χ1v) is 10.3. The molecule has 0 saturated carbocycles. The Kier molecular flexibility index (Phi) is 5.72. The summed E-state index contributed by atoms with van der Waals surface area (Å²) in [6, 6.07) is 21.1. The monoisotopic (exact) mass is 415 g/mol. The number of rotatable bonds is 6. The van der Waals surface area contributed by atoms with Crippen molar-refractivity contribution in [3.63, 3.8) is 0 Å². The van der Waals surface area contributed by atoms with Gasteiger partial charge in [0.15, 0.2) is 0 Å². The smallest absolute Gasteiger partial charge is 0.265 e. The zero-order chi connectivity index (χ0) is 20.9. The molecule has 0 aliphatic carbocycles. The molecule has 4 rings (SSSR count). The van der Waals surface area contributed by atoms with Crippen LogP contribution in [-0.4, -0.2) is 15.9 Å². The van der Waals surface area contributed by atoms with Crippen LogP contribution in [0.25, 0.3) is 0 Å². The molecule has 2 aromatic carbocycles. The molecule has 0 aliphatic heterocycles. The number of nitrogens with zero attached hydrogens (tertiary/aromatic N) is 2. The molecule has 30 heavy (non-hydrogen) atoms. The van der Waals surface area contributed by atoms with Crippen molar-refractivity contribution >= 4 is 46.1 Å². The summed E-state index contributed by atoms with van der Waals surface area (Å²) in [6.45, 7) is 3.98. The topological polar surface area (TPSA) is 78.9 Å². The molecule has 1 amide bonds. The van der Waals surface area contributed by atoms with Gasteiger partial charge in [-0.05, 0) is 61.7 Å². The lowest BCUT2D eigenvalue weighted by atomic mass is 10.2. The average Bonchev–Trinajstić information content (AvgIpc) is 3.26. The minimum atomic E-state index is -0.112. The van der Waals surface area contributed by atoms with Crippen LogP contribution < -0.4 is 16.0 Å². The van der Waals surface area contributed by atoms with Crippen LogP contribution in [0.2, 0.25) is 0 Å². The third-order valence-corrected chi connectivity index (χ3v) is 5.19. The number of benzene rings is 2. The van der Waals surface area contributed by atoms with E-state index in [-0.39, 0.29) is 5.91 Å². The minimum Gasteiger partial charge on any atom is -0.340 e. The number of anilines is 5. The molecule has 0 fully saturated rings. The first-order chi connectivity index (χ1) is 14.5. The molecule has 6 nitrogen and oxygen atoms in total. The van der Waals surface area contributed by atoms with Gasteiger partial charge in [-0.2, -0.15) is 4.98 Å². The fourth-order valence-electron chi connectivity index (χ4n) is 2.84. The van der Waals surface area contributed by atoms with Crippen LogP contribution in [0.3, 0.4) is 0 Å². The number of hydrogen-bond acceptors (Lipinski definition) is 6. The van der Waals surface area contributed by atoms with Crippen molar-refractivity contribution in [3.05, 3.63) is 88.2 Å². The van der Waals surface area contributed by atoms with Gasteiger partial charge >= 0.3 is 0 Å². The van der Waals surface area contributed by atoms with Crippen LogP contribution in [0.1, 0.15) is 20.9 Å². The fraction of sp³-hybridized carbons (Fsp3) is 0.0870. The molecule has 0 atom stereocenters. The zero-order valence-corrected chi connectivity index (χ0v) is 17.5. The standard InChI is InChI=1S/C23H21N5OS/c1-15-5-7-17(8-6-15)25-21-14-16(2)24-23(28-21)27-19-11-9-18(10-12-19)26-22(29)20-4-3-13-30-20/h3-14H,1-2H3,(H,26,29)(H2,24,25,27,28). The van der Waals surface area contributed by atoms with Crippen molar-refractivity contribution in [2.24, 2.45) is 0 Å². The summed E-state index contributed by atoms with van der Waals surface area (Å²) in [4.78, 5) is 21.8. The Morgan fingerprint density at radius 3 is 2.20 bits per heavy atom. The number of aromatic nitrogens is 2. The maximum absolute atomic E-state index is 12.2. The van der Waals surface area contributed by atoms with E-state index in [1.807, 2.05) is 73.0 Å². The predicted molar refractivity (Wildman–Crippen MR) is 123 cm³/mol. The molecule has 0 spiro atoms. The zero-order valence-electron chi connectivity index (χ0n) is 16.6. The van der Waals surface area contributed by atoms with Gasteiger partial charge in [0.05, 0.1) is 4.88 Å². The van der Waals surface area contributed by atoms with Gasteiger partial charge in [0.1, 0.15) is 5.82 Å². The first-order valence-electron chi connectivity index (χ1n) is 9.46. The van der Waals surface area contributed by atoms with Gasteiger partial charge in [0.25, 0.3) is 5.91 Å². The third-order valence-electron chi connectivity index (χ3n) is 4.32. The van der Waals surface area contributed by atoms with Crippen molar-refractivity contribution in [3.8, 4) is 0 Å². The summed E-state index contributed by atoms with van der Waals surface area (Å²) in [5.74, 6) is 1.10. The Bertz CT molecular complexity index is 1140. The van der Waals surface area contributed by atoms with Gasteiger partial charge in [0.2, 0.25) is 5.95 Å². The van der Waals surface area contributed by atoms with Gasteiger partial charge in [-0.15, -0.1) is 11.3 Å². The third kappa shape index (κ3) is 5.01. The van der Waals surface area contributed by atoms with Crippen molar-refractivity contribution in [1.82, 2.24) is 9.97 Å². The maximum Gasteiger partial charge on any atom is 0.265 e. The lowest BCUT2D eigenvalue weighted by Gasteiger charge is -2.11. The van der Waals surface area contributed by atoms with E-state index >= 15 is 0 Å². The number of carbonyl (C=O) groups is 1. The number of aryl methyl sites for hydroxylation is 2. The molecular formula is C23H21N5OS. The van der Waals surface area contributed by atoms with Crippen LogP contribution >= 0.6 is 11.3 Å². The Labute approximate surface area is 179 Å². The summed E-state index contributed by atoms with van der Waals surface area (Å²) < 4.78 is 0. The number of thiophene rings is 1. The molecule has 0 bridgehead atoms. The van der Waals surface area contributed by atoms with Crippen LogP contribution in [0.5, 0.6) is 0 Å². The lowest BCUT2D eigenvalue weighted by Crippen LogP contribution is -2.10. The average molecular weight is 416 g/mol. The highest BCUT2D eigenvalue weighted by Gasteiger charge is 2.07. The largest absolute Gasteiger partial charge is 0.340 e. The molecular weight excluding hydrogens is 394 g/mol. The summed E-state index contributed by atoms with van der Waals surface area (Å²) >= 11 is 1.41. The molecule has 0 saturated heterocycles. The molecule has 150 valence electrons. The van der Waals surface area contributed by atoms with E-state index in [1.54, 1.807) is 6.07 Å². The molecule has 2 heterocycles. The van der Waals surface area contributed by atoms with E-state index in [0.717, 1.165) is 22.8 Å². The normalized spacial score (nSPS) is 10.5. The molecule has 3 N–H and O–H groups in total. The molecule has 0 radical (unpaired) electrons. The SMILES string of the molecule is Cc1ccc(Nc2cc(C)nc(Nc3ccc(NC(=O)c4cccs4)cc3)n2)cc1. The van der Waals surface area contributed by atoms with E-state index in [4.69, 9.17) is 0 Å². The highest BCUT2D eigenvalue weighted by molar-refractivity contribution is 7.12. The van der Waals surface area contributed by atoms with Crippen molar-refractivity contribution < 1.29 is 4.79 Å². The molecule has 7 heteroatoms. The van der Waals surface area contributed by atoms with Crippen molar-refractivity contribution in [1.29, 1.82) is 0 Å². The van der Waals surface area contributed by atoms with Gasteiger partial charge in [-0.3, -0.25) is 4.79 Å². The van der Waals surface area contributed by atoms with Gasteiger partial charge < -0.3 is 16.0 Å². The summed E-state index contributed by atoms with van der Waals surface area (Å²) in [7, 11) is 0. The minimum absolute atomic E-state index is 0.112. The highest BCUT2D eigenvalue weighted by Crippen LogP contribution is 2.21. The molecule has 0 aliphatic rings. The number of nitrogens with one attached hydrogen (secondary N) is 3. The van der Waals surface area contributed by atoms with E-state index in [1.165, 1.54) is 16.9 Å². The fourth-order valence-corrected chi connectivity index (χ4v) is 3.46. The van der Waals surface area contributed by atoms with E-state index in [2.05, 4.69) is 32.8 Å². The quantitative estimate of drug-likeness (QED) is 0.366. The highest BCUT2D eigenvalue weighted by atomic mass is 32.1. The second-order valence-electron chi connectivity index (χ2n) is 6.84. The maximum atomic E-state index is 12.2. The first kappa shape index (κ1) is 19.6. The van der Waals surface area contributed by atoms with Gasteiger partial charge in [-0.25, -0.2) is 4.98 Å². The summed E-state index contributed by atoms with van der Waals surface area (Å²) in [5.41, 5.74) is 4.58. The summed E-state index contributed by atoms with van der Waals surface area (Å²) in [5, 5.41) is 11.3. The van der Waals surface area contributed by atoms with E-state index < -0.39 is 0 Å². The van der Waals surface area contributed by atoms with Crippen molar-refractivity contribution in [2.45, 2.75) is 13.8 Å². The van der Waals surface area contributed by atoms with E-state index in [9.17, 15) is 4.79 Å². The number of carbonyl (C=O) groups excluding carboxylic acids is 1. The van der Waals surface area contributed by atoms with Gasteiger partial charge in [-0.1, -0.05) is 23.8 Å². The Morgan fingerprint density at radius 2 is 1.50 bits per heavy atom. The number of amides is 1. The Hall–Kier alpha value is -3.71. The van der Waals surface area contributed by atoms with Crippen molar-refractivity contribution in [2.75, 3.05) is 16.0 Å². The van der Waals surface area contributed by atoms with Gasteiger partial charge in [0, 0.05) is 28.8 Å². The molecule has 2 aromatic heterocycles. The predicted octanol–water partition coefficient (Wildman–Crippen LogP) is 5.89. The lowest BCUT2D eigenvalue weighted by molar-refractivity contribution is 0.103. The molecule has 0 unspecified atom stereocenters. The van der Waals surface area contributed by atoms with Crippen LogP contribution in [0.15, 0.2) is 72.1 Å². The Balaban J connectivity index is 1.44. The second-order valence-corrected chi connectivity index (χ2v) is 7.79. The number of hydrogen-bond donors (Lipinski definition) is 3. The van der Waals surface area contributed by atoms with Crippen LogP contribution in [-0.2, 0) is 0 Å². The molecule has 4 aromatic rings. The van der Waals surface area contributed by atoms with Crippen LogP contribution in [0, 0.1) is 13.8 Å². The summed E-state index contributed by atoms with van der Waals surface area (Å²) in [6.07, 6.45) is 0. The van der Waals surface area contributed by atoms with E-state index in [0.29, 0.717) is 16.6 Å². The Morgan fingerprint density at radius 1 is 0.833 bits per heavy atom. The van der Waals surface area contributed by atoms with Crippen LogP contribution in [0.4, 0.5) is 28.8 Å².